The van der Waals surface area contributed by atoms with Crippen molar-refractivity contribution in [2.24, 2.45) is 5.92 Å². The molecule has 20 heavy (non-hydrogen) atoms. The number of hydrogen-bond donors (Lipinski definition) is 1. The van der Waals surface area contributed by atoms with Crippen molar-refractivity contribution < 1.29 is 9.18 Å². The van der Waals surface area contributed by atoms with E-state index in [1.807, 2.05) is 0 Å². The van der Waals surface area contributed by atoms with Crippen LogP contribution in [0.4, 0.5) is 4.39 Å². The second kappa shape index (κ2) is 6.56. The van der Waals surface area contributed by atoms with Crippen LogP contribution in [0.3, 0.4) is 0 Å². The first-order chi connectivity index (χ1) is 9.47. The molecule has 0 saturated heterocycles. The smallest absolute Gasteiger partial charge is 0.252 e. The Kier molecular flexibility index (Phi) is 5.24. The summed E-state index contributed by atoms with van der Waals surface area (Å²) in [5.41, 5.74) is 0.138. The van der Waals surface area contributed by atoms with Gasteiger partial charge < -0.3 is 5.32 Å². The predicted octanol–water partition coefficient (Wildman–Crippen LogP) is 4.66. The molecule has 0 atom stereocenters. The zero-order chi connectivity index (χ0) is 14.8. The second-order valence-corrected chi connectivity index (χ2v) is 7.01. The molecule has 110 valence electrons. The zero-order valence-electron chi connectivity index (χ0n) is 11.4. The lowest BCUT2D eigenvalue weighted by molar-refractivity contribution is 0.0873. The molecule has 1 aromatic carbocycles. The average Bonchev–Trinajstić information content (AvgIpc) is 2.44. The highest BCUT2D eigenvalue weighted by molar-refractivity contribution is 9.10. The van der Waals surface area contributed by atoms with Gasteiger partial charge in [-0.05, 0) is 59.7 Å². The van der Waals surface area contributed by atoms with E-state index in [0.717, 1.165) is 31.0 Å². The van der Waals surface area contributed by atoms with Crippen molar-refractivity contribution in [3.8, 4) is 0 Å². The molecule has 1 fully saturated rings. The summed E-state index contributed by atoms with van der Waals surface area (Å²) in [6, 6.07) is 4.53. The molecule has 0 unspecified atom stereocenters. The van der Waals surface area contributed by atoms with Crippen LogP contribution in [-0.4, -0.2) is 16.8 Å². The molecule has 1 aromatic rings. The minimum atomic E-state index is -0.414. The van der Waals surface area contributed by atoms with Crippen LogP contribution in [0.25, 0.3) is 0 Å². The molecule has 1 amide bonds. The third-order valence-corrected chi connectivity index (χ3v) is 5.94. The van der Waals surface area contributed by atoms with Crippen molar-refractivity contribution >= 4 is 37.8 Å². The number of carbonyl (C=O) groups excluding carboxylic acids is 1. The molecule has 0 aromatic heterocycles. The minimum Gasteiger partial charge on any atom is -0.346 e. The van der Waals surface area contributed by atoms with Crippen LogP contribution in [0.1, 0.15) is 43.0 Å². The molecule has 1 N–H and O–H groups in total. The van der Waals surface area contributed by atoms with Crippen molar-refractivity contribution in [3.63, 3.8) is 0 Å². The maximum absolute atomic E-state index is 13.5. The van der Waals surface area contributed by atoms with E-state index in [2.05, 4.69) is 44.1 Å². The number of alkyl halides is 1. The van der Waals surface area contributed by atoms with Gasteiger partial charge in [-0.25, -0.2) is 4.39 Å². The summed E-state index contributed by atoms with van der Waals surface area (Å²) in [7, 11) is 0. The molecule has 1 aliphatic carbocycles. The van der Waals surface area contributed by atoms with Crippen LogP contribution < -0.4 is 5.32 Å². The van der Waals surface area contributed by atoms with Gasteiger partial charge in [0.25, 0.3) is 5.91 Å². The minimum absolute atomic E-state index is 0.213. The standard InChI is InChI=1S/C15H18Br2FNO/c1-10-5-7-15(9-16,8-6-10)19-14(20)11-3-2-4-12(18)13(11)17/h2-4,10H,5-9H2,1H3,(H,19,20). The van der Waals surface area contributed by atoms with Crippen LogP contribution in [0.15, 0.2) is 22.7 Å². The van der Waals surface area contributed by atoms with Crippen LogP contribution in [-0.2, 0) is 0 Å². The summed E-state index contributed by atoms with van der Waals surface area (Å²) in [5, 5.41) is 3.83. The zero-order valence-corrected chi connectivity index (χ0v) is 14.6. The fourth-order valence-corrected chi connectivity index (χ4v) is 3.74. The van der Waals surface area contributed by atoms with E-state index < -0.39 is 5.82 Å². The monoisotopic (exact) mass is 405 g/mol. The van der Waals surface area contributed by atoms with Crippen molar-refractivity contribution in [3.05, 3.63) is 34.1 Å². The summed E-state index contributed by atoms with van der Waals surface area (Å²) in [4.78, 5) is 12.4. The van der Waals surface area contributed by atoms with Gasteiger partial charge in [0.15, 0.2) is 0 Å². The average molecular weight is 407 g/mol. The maximum atomic E-state index is 13.5. The molecule has 1 aliphatic rings. The molecule has 5 heteroatoms. The van der Waals surface area contributed by atoms with Gasteiger partial charge in [0.2, 0.25) is 0 Å². The number of carbonyl (C=O) groups is 1. The summed E-state index contributed by atoms with van der Waals surface area (Å²) < 4.78 is 13.7. The molecule has 0 heterocycles. The number of amides is 1. The lowest BCUT2D eigenvalue weighted by Crippen LogP contribution is -2.52. The molecule has 2 rings (SSSR count). The van der Waals surface area contributed by atoms with E-state index in [-0.39, 0.29) is 15.9 Å². The van der Waals surface area contributed by atoms with E-state index in [4.69, 9.17) is 0 Å². The first-order valence-corrected chi connectivity index (χ1v) is 8.71. The van der Waals surface area contributed by atoms with Gasteiger partial charge in [-0.2, -0.15) is 0 Å². The molecule has 2 nitrogen and oxygen atoms in total. The Morgan fingerprint density at radius 3 is 2.70 bits per heavy atom. The Hall–Kier alpha value is -0.420. The number of benzene rings is 1. The lowest BCUT2D eigenvalue weighted by Gasteiger charge is -2.39. The fourth-order valence-electron chi connectivity index (χ4n) is 2.59. The quantitative estimate of drug-likeness (QED) is 0.726. The van der Waals surface area contributed by atoms with Gasteiger partial charge in [-0.15, -0.1) is 0 Å². The van der Waals surface area contributed by atoms with E-state index in [1.165, 1.54) is 6.07 Å². The van der Waals surface area contributed by atoms with Gasteiger partial charge in [0.1, 0.15) is 5.82 Å². The summed E-state index contributed by atoms with van der Waals surface area (Å²) >= 11 is 6.67. The number of hydrogen-bond acceptors (Lipinski definition) is 1. The SMILES string of the molecule is CC1CCC(CBr)(NC(=O)c2cccc(F)c2Br)CC1. The molecular weight excluding hydrogens is 389 g/mol. The van der Waals surface area contributed by atoms with Gasteiger partial charge in [0.05, 0.1) is 15.6 Å². The largest absolute Gasteiger partial charge is 0.346 e. The van der Waals surface area contributed by atoms with E-state index >= 15 is 0 Å². The highest BCUT2D eigenvalue weighted by Gasteiger charge is 2.35. The molecule has 1 saturated carbocycles. The maximum Gasteiger partial charge on any atom is 0.252 e. The normalized spacial score (nSPS) is 26.3. The topological polar surface area (TPSA) is 29.1 Å². The molecule has 0 aliphatic heterocycles. The van der Waals surface area contributed by atoms with Crippen molar-refractivity contribution in [1.29, 1.82) is 0 Å². The number of nitrogens with one attached hydrogen (secondary N) is 1. The summed E-state index contributed by atoms with van der Waals surface area (Å²) in [6.45, 7) is 2.24. The third-order valence-electron chi connectivity index (χ3n) is 4.06. The first kappa shape index (κ1) is 16.0. The fraction of sp³-hybridized carbons (Fsp3) is 0.533. The van der Waals surface area contributed by atoms with Crippen molar-refractivity contribution in [1.82, 2.24) is 5.32 Å². The summed E-state index contributed by atoms with van der Waals surface area (Å²) in [6.07, 6.45) is 4.13. The van der Waals surface area contributed by atoms with Gasteiger partial charge >= 0.3 is 0 Å². The molecule has 0 spiro atoms. The molecule has 0 radical (unpaired) electrons. The highest BCUT2D eigenvalue weighted by atomic mass is 79.9. The van der Waals surface area contributed by atoms with Crippen LogP contribution in [0.2, 0.25) is 0 Å². The number of halogens is 3. The second-order valence-electron chi connectivity index (χ2n) is 5.65. The van der Waals surface area contributed by atoms with Crippen LogP contribution >= 0.6 is 31.9 Å². The van der Waals surface area contributed by atoms with Crippen LogP contribution in [0.5, 0.6) is 0 Å². The third kappa shape index (κ3) is 3.42. The predicted molar refractivity (Wildman–Crippen MR) is 85.7 cm³/mol. The van der Waals surface area contributed by atoms with Crippen molar-refractivity contribution in [2.45, 2.75) is 38.1 Å². The summed E-state index contributed by atoms with van der Waals surface area (Å²) in [5.74, 6) is 0.0770. The van der Waals surface area contributed by atoms with E-state index in [1.54, 1.807) is 12.1 Å². The van der Waals surface area contributed by atoms with Crippen molar-refractivity contribution in [2.75, 3.05) is 5.33 Å². The highest BCUT2D eigenvalue weighted by Crippen LogP contribution is 2.34. The first-order valence-electron chi connectivity index (χ1n) is 6.80. The number of rotatable bonds is 3. The lowest BCUT2D eigenvalue weighted by atomic mass is 9.78. The Morgan fingerprint density at radius 1 is 1.45 bits per heavy atom. The molecule has 0 bridgehead atoms. The molecular formula is C15H18Br2FNO. The van der Waals surface area contributed by atoms with Gasteiger partial charge in [-0.3, -0.25) is 4.79 Å². The van der Waals surface area contributed by atoms with Gasteiger partial charge in [0, 0.05) is 5.33 Å². The Labute approximate surface area is 135 Å². The van der Waals surface area contributed by atoms with E-state index in [9.17, 15) is 9.18 Å². The van der Waals surface area contributed by atoms with E-state index in [0.29, 0.717) is 11.5 Å². The van der Waals surface area contributed by atoms with Crippen LogP contribution in [0, 0.1) is 11.7 Å². The Balaban J connectivity index is 2.15. The van der Waals surface area contributed by atoms with Gasteiger partial charge in [-0.1, -0.05) is 28.9 Å². The Bertz CT molecular complexity index is 499. The Morgan fingerprint density at radius 2 is 2.10 bits per heavy atom.